The minimum Gasteiger partial charge on any atom is -0.480 e. The monoisotopic (exact) mass is 428 g/mol. The molecular weight excluding hydrogens is 406 g/mol. The first-order valence-corrected chi connectivity index (χ1v) is 10.1. The van der Waals surface area contributed by atoms with Gasteiger partial charge in [0.1, 0.15) is 5.82 Å². The second-order valence-electron chi connectivity index (χ2n) is 6.09. The number of rotatable bonds is 7. The molecule has 0 spiro atoms. The van der Waals surface area contributed by atoms with Gasteiger partial charge in [-0.1, -0.05) is 24.6 Å². The second-order valence-corrected chi connectivity index (χ2v) is 8.47. The van der Waals surface area contributed by atoms with E-state index in [1.807, 2.05) is 11.8 Å². The van der Waals surface area contributed by atoms with E-state index in [1.165, 1.54) is 16.4 Å². The van der Waals surface area contributed by atoms with Crippen molar-refractivity contribution in [2.45, 2.75) is 31.6 Å². The van der Waals surface area contributed by atoms with Crippen LogP contribution in [-0.4, -0.2) is 60.9 Å². The Morgan fingerprint density at radius 2 is 2.00 bits per heavy atom. The van der Waals surface area contributed by atoms with E-state index in [-0.39, 0.29) is 35.8 Å². The highest BCUT2D eigenvalue weighted by Crippen LogP contribution is 2.23. The molecule has 1 saturated heterocycles. The van der Waals surface area contributed by atoms with Crippen molar-refractivity contribution in [3.8, 4) is 0 Å². The first-order chi connectivity index (χ1) is 11.7. The van der Waals surface area contributed by atoms with Crippen LogP contribution < -0.4 is 0 Å². The molecule has 148 valence electrons. The van der Waals surface area contributed by atoms with Crippen molar-refractivity contribution in [3.05, 3.63) is 34.6 Å². The molecule has 0 radical (unpaired) electrons. The van der Waals surface area contributed by atoms with E-state index in [9.17, 15) is 17.6 Å². The van der Waals surface area contributed by atoms with Gasteiger partial charge in [-0.2, -0.15) is 0 Å². The normalized spacial score (nSPS) is 16.5. The summed E-state index contributed by atoms with van der Waals surface area (Å²) in [5.41, 5.74) is 0.439. The molecule has 1 heterocycles. The molecule has 1 aliphatic heterocycles. The third-order valence-electron chi connectivity index (χ3n) is 4.41. The molecule has 0 aliphatic carbocycles. The van der Waals surface area contributed by atoms with Crippen LogP contribution in [0.1, 0.15) is 25.3 Å². The summed E-state index contributed by atoms with van der Waals surface area (Å²) < 4.78 is 39.7. The maximum absolute atomic E-state index is 13.2. The third kappa shape index (κ3) is 6.06. The van der Waals surface area contributed by atoms with E-state index >= 15 is 0 Å². The van der Waals surface area contributed by atoms with Crippen LogP contribution in [0.25, 0.3) is 0 Å². The van der Waals surface area contributed by atoms with Gasteiger partial charge >= 0.3 is 5.97 Å². The maximum Gasteiger partial charge on any atom is 0.317 e. The topological polar surface area (TPSA) is 77.9 Å². The van der Waals surface area contributed by atoms with Gasteiger partial charge in [-0.3, -0.25) is 9.69 Å². The molecule has 0 bridgehead atoms. The van der Waals surface area contributed by atoms with E-state index in [0.29, 0.717) is 38.0 Å². The molecule has 2 rings (SSSR count). The van der Waals surface area contributed by atoms with E-state index in [0.717, 1.165) is 6.07 Å². The molecular formula is C16H23Cl2FN2O4S. The van der Waals surface area contributed by atoms with Gasteiger partial charge in [0.15, 0.2) is 0 Å². The van der Waals surface area contributed by atoms with E-state index < -0.39 is 21.8 Å². The van der Waals surface area contributed by atoms with E-state index in [2.05, 4.69) is 0 Å². The van der Waals surface area contributed by atoms with Crippen molar-refractivity contribution in [2.24, 2.45) is 0 Å². The van der Waals surface area contributed by atoms with Gasteiger partial charge in [0.2, 0.25) is 10.0 Å². The number of carboxylic acids is 1. The van der Waals surface area contributed by atoms with Crippen molar-refractivity contribution in [1.82, 2.24) is 9.21 Å². The molecule has 1 aromatic rings. The van der Waals surface area contributed by atoms with E-state index in [4.69, 9.17) is 16.7 Å². The number of benzene rings is 1. The van der Waals surface area contributed by atoms with Gasteiger partial charge in [-0.15, -0.1) is 12.4 Å². The fourth-order valence-electron chi connectivity index (χ4n) is 3.09. The lowest BCUT2D eigenvalue weighted by Gasteiger charge is -2.36. The number of aliphatic carboxylic acids is 1. The van der Waals surface area contributed by atoms with Crippen molar-refractivity contribution in [2.75, 3.05) is 26.2 Å². The molecule has 0 aromatic heterocycles. The first kappa shape index (κ1) is 23.1. The zero-order valence-electron chi connectivity index (χ0n) is 14.4. The lowest BCUT2D eigenvalue weighted by atomic mass is 10.0. The SMILES string of the molecule is CCN(CC(=O)O)C1CCN(S(=O)(=O)Cc2ccc(F)c(Cl)c2)CC1.Cl. The molecule has 26 heavy (non-hydrogen) atoms. The van der Waals surface area contributed by atoms with Gasteiger partial charge in [-0.05, 0) is 37.1 Å². The summed E-state index contributed by atoms with van der Waals surface area (Å²) in [6.45, 7) is 3.15. The second kappa shape index (κ2) is 9.85. The minimum atomic E-state index is -3.53. The fourth-order valence-corrected chi connectivity index (χ4v) is 4.84. The smallest absolute Gasteiger partial charge is 0.317 e. The number of piperidine rings is 1. The molecule has 10 heteroatoms. The molecule has 1 aliphatic rings. The van der Waals surface area contributed by atoms with Crippen LogP contribution in [0.3, 0.4) is 0 Å². The van der Waals surface area contributed by atoms with Crippen LogP contribution in [0, 0.1) is 5.82 Å². The summed E-state index contributed by atoms with van der Waals surface area (Å²) >= 11 is 5.70. The number of sulfonamides is 1. The number of nitrogens with zero attached hydrogens (tertiary/aromatic N) is 2. The lowest BCUT2D eigenvalue weighted by Crippen LogP contribution is -2.48. The number of likely N-dealkylation sites (N-methyl/N-ethyl adjacent to an activating group) is 1. The Bertz CT molecular complexity index is 725. The van der Waals surface area contributed by atoms with Crippen LogP contribution >= 0.6 is 24.0 Å². The zero-order valence-corrected chi connectivity index (χ0v) is 16.8. The van der Waals surface area contributed by atoms with Gasteiger partial charge in [0, 0.05) is 19.1 Å². The molecule has 0 atom stereocenters. The molecule has 1 fully saturated rings. The standard InChI is InChI=1S/C16H22ClFN2O4S.ClH/c1-2-19(10-16(21)22)13-5-7-20(8-6-13)25(23,24)11-12-3-4-15(18)14(17)9-12;/h3-4,9,13H,2,5-8,10-11H2,1H3,(H,21,22);1H. The molecule has 0 saturated carbocycles. The van der Waals surface area contributed by atoms with Crippen LogP contribution in [0.4, 0.5) is 4.39 Å². The minimum absolute atomic E-state index is 0. The summed E-state index contributed by atoms with van der Waals surface area (Å²) in [4.78, 5) is 12.8. The predicted octanol–water partition coefficient (Wildman–Crippen LogP) is 2.60. The Morgan fingerprint density at radius 1 is 1.38 bits per heavy atom. The van der Waals surface area contributed by atoms with Crippen LogP contribution in [0.2, 0.25) is 5.02 Å². The Kier molecular flexibility index (Phi) is 8.75. The molecule has 6 nitrogen and oxygen atoms in total. The van der Waals surface area contributed by atoms with Crippen LogP contribution in [0.5, 0.6) is 0 Å². The number of halogens is 3. The van der Waals surface area contributed by atoms with Crippen molar-refractivity contribution >= 4 is 40.0 Å². The molecule has 0 unspecified atom stereocenters. The third-order valence-corrected chi connectivity index (χ3v) is 6.55. The quantitative estimate of drug-likeness (QED) is 0.721. The number of hydrogen-bond acceptors (Lipinski definition) is 4. The highest BCUT2D eigenvalue weighted by Gasteiger charge is 2.31. The maximum atomic E-state index is 13.2. The van der Waals surface area contributed by atoms with Gasteiger partial charge in [0.05, 0.1) is 17.3 Å². The average Bonchev–Trinajstić information content (AvgIpc) is 2.56. The Morgan fingerprint density at radius 3 is 2.50 bits per heavy atom. The lowest BCUT2D eigenvalue weighted by molar-refractivity contribution is -0.139. The van der Waals surface area contributed by atoms with Crippen molar-refractivity contribution < 1.29 is 22.7 Å². The summed E-state index contributed by atoms with van der Waals surface area (Å²) in [6, 6.07) is 3.96. The molecule has 1 N–H and O–H groups in total. The zero-order chi connectivity index (χ0) is 18.6. The van der Waals surface area contributed by atoms with Crippen LogP contribution in [-0.2, 0) is 20.6 Å². The van der Waals surface area contributed by atoms with Gasteiger partial charge < -0.3 is 5.11 Å². The Hall–Kier alpha value is -0.930. The highest BCUT2D eigenvalue weighted by molar-refractivity contribution is 7.88. The average molecular weight is 429 g/mol. The van der Waals surface area contributed by atoms with Gasteiger partial charge in [0.25, 0.3) is 0 Å². The van der Waals surface area contributed by atoms with Gasteiger partial charge in [-0.25, -0.2) is 17.1 Å². The fraction of sp³-hybridized carbons (Fsp3) is 0.562. The van der Waals surface area contributed by atoms with E-state index in [1.54, 1.807) is 0 Å². The molecule has 0 amide bonds. The Labute approximate surface area is 164 Å². The summed E-state index contributed by atoms with van der Waals surface area (Å²) in [5, 5.41) is 8.85. The number of hydrogen-bond donors (Lipinski definition) is 1. The Balaban J connectivity index is 0.00000338. The summed E-state index contributed by atoms with van der Waals surface area (Å²) in [5.74, 6) is -1.70. The number of carbonyl (C=O) groups is 1. The summed E-state index contributed by atoms with van der Waals surface area (Å²) in [7, 11) is -3.53. The van der Waals surface area contributed by atoms with Crippen molar-refractivity contribution in [1.29, 1.82) is 0 Å². The largest absolute Gasteiger partial charge is 0.480 e. The number of carboxylic acid groups (broad SMARTS) is 1. The predicted molar refractivity (Wildman–Crippen MR) is 101 cm³/mol. The summed E-state index contributed by atoms with van der Waals surface area (Å²) in [6.07, 6.45) is 1.18. The van der Waals surface area contributed by atoms with Crippen molar-refractivity contribution in [3.63, 3.8) is 0 Å². The molecule has 1 aromatic carbocycles. The van der Waals surface area contributed by atoms with Crippen LogP contribution in [0.15, 0.2) is 18.2 Å². The highest BCUT2D eigenvalue weighted by atomic mass is 35.5. The first-order valence-electron chi connectivity index (χ1n) is 8.10.